The highest BCUT2D eigenvalue weighted by Gasteiger charge is 2.31. The summed E-state index contributed by atoms with van der Waals surface area (Å²) >= 11 is 5.96. The van der Waals surface area contributed by atoms with Gasteiger partial charge >= 0.3 is 0 Å². The third-order valence-corrected chi connectivity index (χ3v) is 7.62. The number of aliphatic hydroxyl groups excluding tert-OH is 1. The average molecular weight is 460 g/mol. The van der Waals surface area contributed by atoms with E-state index in [0.29, 0.717) is 35.5 Å². The first kappa shape index (κ1) is 21.7. The second-order valence-electron chi connectivity index (χ2n) is 7.39. The Kier molecular flexibility index (Phi) is 6.24. The minimum atomic E-state index is -3.75. The molecule has 7 nitrogen and oxygen atoms in total. The van der Waals surface area contributed by atoms with Gasteiger partial charge in [0.15, 0.2) is 6.10 Å². The molecule has 0 spiro atoms. The molecule has 31 heavy (non-hydrogen) atoms. The van der Waals surface area contributed by atoms with E-state index in [4.69, 9.17) is 11.6 Å². The summed E-state index contributed by atoms with van der Waals surface area (Å²) in [6.07, 6.45) is 2.34. The standard InChI is InChI=1S/C22H22ClN3O4S/c23-18-6-1-4-16(14-18)21(27)22(28)25-10-3-11-26(13-12-25)31(29,30)20-7-2-5-17-15-24-9-8-19(17)20/h1-2,4-9,14-15,21,27H,3,10-13H2/t21-/m1/s1. The van der Waals surface area contributed by atoms with Crippen molar-refractivity contribution in [1.29, 1.82) is 0 Å². The van der Waals surface area contributed by atoms with Crippen LogP contribution in [0.15, 0.2) is 65.8 Å². The highest BCUT2D eigenvalue weighted by atomic mass is 35.5. The first-order valence-corrected chi connectivity index (χ1v) is 11.7. The Balaban J connectivity index is 1.53. The number of rotatable bonds is 4. The van der Waals surface area contributed by atoms with Crippen molar-refractivity contribution >= 4 is 38.3 Å². The maximum atomic E-state index is 13.4. The summed E-state index contributed by atoms with van der Waals surface area (Å²) in [6, 6.07) is 13.3. The van der Waals surface area contributed by atoms with Crippen LogP contribution in [-0.4, -0.2) is 59.8 Å². The van der Waals surface area contributed by atoms with E-state index in [9.17, 15) is 18.3 Å². The molecule has 3 aromatic rings. The van der Waals surface area contributed by atoms with Crippen molar-refractivity contribution in [2.45, 2.75) is 17.4 Å². The number of fused-ring (bicyclic) bond motifs is 1. The van der Waals surface area contributed by atoms with Gasteiger partial charge < -0.3 is 10.0 Å². The molecule has 1 amide bonds. The van der Waals surface area contributed by atoms with Gasteiger partial charge in [-0.15, -0.1) is 0 Å². The summed E-state index contributed by atoms with van der Waals surface area (Å²) in [7, 11) is -3.75. The number of benzene rings is 2. The fraction of sp³-hybridized carbons (Fsp3) is 0.273. The van der Waals surface area contributed by atoms with Crippen LogP contribution in [0.3, 0.4) is 0 Å². The molecule has 9 heteroatoms. The van der Waals surface area contributed by atoms with Crippen molar-refractivity contribution in [3.63, 3.8) is 0 Å². The number of carbonyl (C=O) groups is 1. The summed E-state index contributed by atoms with van der Waals surface area (Å²) in [5, 5.41) is 12.3. The normalized spacial score (nSPS) is 16.8. The SMILES string of the molecule is O=C([C@H](O)c1cccc(Cl)c1)N1CCCN(S(=O)(=O)c2cccc3cnccc23)CC1. The first-order valence-electron chi connectivity index (χ1n) is 9.93. The van der Waals surface area contributed by atoms with Crippen LogP contribution in [-0.2, 0) is 14.8 Å². The Labute approximate surface area is 185 Å². The Bertz CT molecular complexity index is 1210. The summed E-state index contributed by atoms with van der Waals surface area (Å²) in [5.41, 5.74) is 0.413. The van der Waals surface area contributed by atoms with Gasteiger partial charge in [0.05, 0.1) is 4.90 Å². The van der Waals surface area contributed by atoms with Crippen molar-refractivity contribution in [1.82, 2.24) is 14.2 Å². The van der Waals surface area contributed by atoms with Crippen LogP contribution >= 0.6 is 11.6 Å². The molecule has 1 fully saturated rings. The van der Waals surface area contributed by atoms with E-state index in [2.05, 4.69) is 4.98 Å². The molecule has 1 aliphatic heterocycles. The van der Waals surface area contributed by atoms with Gasteiger partial charge in [-0.1, -0.05) is 35.9 Å². The van der Waals surface area contributed by atoms with Crippen molar-refractivity contribution in [2.75, 3.05) is 26.2 Å². The topological polar surface area (TPSA) is 90.8 Å². The van der Waals surface area contributed by atoms with Gasteiger partial charge in [0, 0.05) is 54.4 Å². The number of hydrogen-bond donors (Lipinski definition) is 1. The predicted molar refractivity (Wildman–Crippen MR) is 118 cm³/mol. The average Bonchev–Trinajstić information content (AvgIpc) is 3.04. The van der Waals surface area contributed by atoms with Gasteiger partial charge in [-0.2, -0.15) is 4.31 Å². The molecular formula is C22H22ClN3O4S. The maximum Gasteiger partial charge on any atom is 0.256 e. The summed E-state index contributed by atoms with van der Waals surface area (Å²) < 4.78 is 28.1. The Morgan fingerprint density at radius 3 is 2.68 bits per heavy atom. The molecule has 0 aliphatic carbocycles. The van der Waals surface area contributed by atoms with Crippen LogP contribution in [0.4, 0.5) is 0 Å². The van der Waals surface area contributed by atoms with E-state index in [1.54, 1.807) is 54.9 Å². The molecule has 0 radical (unpaired) electrons. The number of sulfonamides is 1. The molecule has 0 saturated carbocycles. The molecule has 1 aliphatic rings. The fourth-order valence-electron chi connectivity index (χ4n) is 3.80. The Hall–Kier alpha value is -2.52. The molecule has 0 bridgehead atoms. The van der Waals surface area contributed by atoms with Gasteiger partial charge in [-0.25, -0.2) is 8.42 Å². The molecular weight excluding hydrogens is 438 g/mol. The van der Waals surface area contributed by atoms with E-state index in [1.165, 1.54) is 9.21 Å². The molecule has 1 N–H and O–H groups in total. The van der Waals surface area contributed by atoms with Gasteiger partial charge in [-0.05, 0) is 36.2 Å². The van der Waals surface area contributed by atoms with Crippen LogP contribution in [0.2, 0.25) is 5.02 Å². The monoisotopic (exact) mass is 459 g/mol. The number of aromatic nitrogens is 1. The second-order valence-corrected chi connectivity index (χ2v) is 9.74. The predicted octanol–water partition coefficient (Wildman–Crippen LogP) is 2.84. The molecule has 2 aromatic carbocycles. The molecule has 0 unspecified atom stereocenters. The molecule has 2 heterocycles. The lowest BCUT2D eigenvalue weighted by Crippen LogP contribution is -2.39. The first-order chi connectivity index (χ1) is 14.9. The summed E-state index contributed by atoms with van der Waals surface area (Å²) in [5.74, 6) is -0.460. The van der Waals surface area contributed by atoms with E-state index >= 15 is 0 Å². The minimum Gasteiger partial charge on any atom is -0.378 e. The minimum absolute atomic E-state index is 0.151. The number of pyridine rings is 1. The number of carbonyl (C=O) groups excluding carboxylic acids is 1. The van der Waals surface area contributed by atoms with Gasteiger partial charge in [0.2, 0.25) is 10.0 Å². The third-order valence-electron chi connectivity index (χ3n) is 5.42. The third kappa shape index (κ3) is 4.43. The molecule has 1 aromatic heterocycles. The van der Waals surface area contributed by atoms with E-state index < -0.39 is 22.0 Å². The van der Waals surface area contributed by atoms with Crippen molar-refractivity contribution < 1.29 is 18.3 Å². The second kappa shape index (κ2) is 8.92. The maximum absolute atomic E-state index is 13.4. The van der Waals surface area contributed by atoms with Gasteiger partial charge in [0.25, 0.3) is 5.91 Å². The highest BCUT2D eigenvalue weighted by Crippen LogP contribution is 2.26. The zero-order valence-electron chi connectivity index (χ0n) is 16.7. The van der Waals surface area contributed by atoms with E-state index in [-0.39, 0.29) is 18.0 Å². The number of amides is 1. The smallest absolute Gasteiger partial charge is 0.256 e. The zero-order valence-corrected chi connectivity index (χ0v) is 18.3. The van der Waals surface area contributed by atoms with E-state index in [1.807, 2.05) is 6.07 Å². The number of aliphatic hydroxyl groups is 1. The van der Waals surface area contributed by atoms with Crippen LogP contribution in [0.5, 0.6) is 0 Å². The zero-order chi connectivity index (χ0) is 22.0. The number of nitrogens with zero attached hydrogens (tertiary/aromatic N) is 3. The molecule has 162 valence electrons. The quantitative estimate of drug-likeness (QED) is 0.647. The summed E-state index contributed by atoms with van der Waals surface area (Å²) in [4.78, 5) is 18.6. The van der Waals surface area contributed by atoms with E-state index in [0.717, 1.165) is 5.39 Å². The summed E-state index contributed by atoms with van der Waals surface area (Å²) in [6.45, 7) is 1.00. The van der Waals surface area contributed by atoms with Crippen LogP contribution in [0, 0.1) is 0 Å². The lowest BCUT2D eigenvalue weighted by atomic mass is 10.1. The Morgan fingerprint density at radius 2 is 1.87 bits per heavy atom. The lowest BCUT2D eigenvalue weighted by molar-refractivity contribution is -0.140. The van der Waals surface area contributed by atoms with Crippen LogP contribution < -0.4 is 0 Å². The number of halogens is 1. The van der Waals surface area contributed by atoms with Crippen LogP contribution in [0.1, 0.15) is 18.1 Å². The highest BCUT2D eigenvalue weighted by molar-refractivity contribution is 7.89. The Morgan fingerprint density at radius 1 is 1.06 bits per heavy atom. The lowest BCUT2D eigenvalue weighted by Gasteiger charge is -2.24. The fourth-order valence-corrected chi connectivity index (χ4v) is 5.69. The molecule has 1 saturated heterocycles. The van der Waals surface area contributed by atoms with Crippen molar-refractivity contribution in [3.8, 4) is 0 Å². The molecule has 1 atom stereocenters. The number of hydrogen-bond acceptors (Lipinski definition) is 5. The molecule has 4 rings (SSSR count). The van der Waals surface area contributed by atoms with Gasteiger partial charge in [-0.3, -0.25) is 9.78 Å². The van der Waals surface area contributed by atoms with Gasteiger partial charge in [0.1, 0.15) is 0 Å². The van der Waals surface area contributed by atoms with Crippen molar-refractivity contribution in [2.24, 2.45) is 0 Å². The van der Waals surface area contributed by atoms with Crippen LogP contribution in [0.25, 0.3) is 10.8 Å². The van der Waals surface area contributed by atoms with Crippen molar-refractivity contribution in [3.05, 3.63) is 71.5 Å². The largest absolute Gasteiger partial charge is 0.378 e.